The molecule has 0 aliphatic heterocycles. The zero-order valence-electron chi connectivity index (χ0n) is 15.2. The van der Waals surface area contributed by atoms with Crippen molar-refractivity contribution >= 4 is 17.5 Å². The van der Waals surface area contributed by atoms with Crippen LogP contribution in [0.15, 0.2) is 18.2 Å². The molecule has 4 aliphatic rings. The number of benzene rings is 1. The Hall–Kier alpha value is -1.84. The molecule has 5 rings (SSSR count). The molecule has 25 heavy (non-hydrogen) atoms. The van der Waals surface area contributed by atoms with Crippen LogP contribution >= 0.6 is 0 Å². The van der Waals surface area contributed by atoms with E-state index < -0.39 is 0 Å². The minimum atomic E-state index is -0.186. The van der Waals surface area contributed by atoms with E-state index in [1.807, 2.05) is 26.0 Å². The second kappa shape index (κ2) is 6.15. The molecule has 2 amide bonds. The fourth-order valence-corrected chi connectivity index (χ4v) is 5.99. The van der Waals surface area contributed by atoms with E-state index >= 15 is 0 Å². The average Bonchev–Trinajstić information content (AvgIpc) is 2.50. The fraction of sp³-hybridized carbons (Fsp3) is 0.619. The molecule has 134 valence electrons. The van der Waals surface area contributed by atoms with Crippen molar-refractivity contribution in [2.75, 3.05) is 11.9 Å². The van der Waals surface area contributed by atoms with Gasteiger partial charge in [-0.05, 0) is 93.4 Å². The van der Waals surface area contributed by atoms with E-state index in [1.165, 1.54) is 19.3 Å². The molecule has 0 spiro atoms. The summed E-state index contributed by atoms with van der Waals surface area (Å²) in [6.07, 6.45) is 7.05. The van der Waals surface area contributed by atoms with Crippen molar-refractivity contribution in [1.29, 1.82) is 0 Å². The SMILES string of the molecule is Cc1cc(C)cc(NC(=O)CNC(=O)C23CC4CC(CC(C4)C2)C3)c1. The van der Waals surface area contributed by atoms with Crippen LogP contribution < -0.4 is 10.6 Å². The van der Waals surface area contributed by atoms with Gasteiger partial charge in [0.2, 0.25) is 11.8 Å². The molecule has 4 saturated carbocycles. The maximum Gasteiger partial charge on any atom is 0.243 e. The lowest BCUT2D eigenvalue weighted by Crippen LogP contribution is -2.54. The van der Waals surface area contributed by atoms with Gasteiger partial charge in [-0.25, -0.2) is 0 Å². The second-order valence-corrected chi connectivity index (χ2v) is 8.81. The lowest BCUT2D eigenvalue weighted by atomic mass is 9.49. The summed E-state index contributed by atoms with van der Waals surface area (Å²) in [5.41, 5.74) is 2.85. The van der Waals surface area contributed by atoms with Crippen molar-refractivity contribution < 1.29 is 9.59 Å². The quantitative estimate of drug-likeness (QED) is 0.880. The summed E-state index contributed by atoms with van der Waals surface area (Å²) < 4.78 is 0. The lowest BCUT2D eigenvalue weighted by Gasteiger charge is -2.55. The fourth-order valence-electron chi connectivity index (χ4n) is 5.99. The third kappa shape index (κ3) is 3.31. The Morgan fingerprint density at radius 3 is 2.00 bits per heavy atom. The van der Waals surface area contributed by atoms with Gasteiger partial charge in [-0.3, -0.25) is 9.59 Å². The first-order valence-corrected chi connectivity index (χ1v) is 9.58. The Labute approximate surface area is 149 Å². The molecule has 4 nitrogen and oxygen atoms in total. The molecule has 0 atom stereocenters. The van der Waals surface area contributed by atoms with Crippen molar-refractivity contribution in [2.45, 2.75) is 52.4 Å². The summed E-state index contributed by atoms with van der Waals surface area (Å²) in [7, 11) is 0. The van der Waals surface area contributed by atoms with Crippen LogP contribution in [-0.4, -0.2) is 18.4 Å². The Bertz CT molecular complexity index is 654. The number of carbonyl (C=O) groups excluding carboxylic acids is 2. The van der Waals surface area contributed by atoms with E-state index in [4.69, 9.17) is 0 Å². The monoisotopic (exact) mass is 340 g/mol. The van der Waals surface area contributed by atoms with E-state index in [9.17, 15) is 9.59 Å². The molecule has 4 aliphatic carbocycles. The number of hydrogen-bond donors (Lipinski definition) is 2. The van der Waals surface area contributed by atoms with Crippen LogP contribution in [0.25, 0.3) is 0 Å². The summed E-state index contributed by atoms with van der Waals surface area (Å²) in [5, 5.41) is 5.84. The van der Waals surface area contributed by atoms with Crippen molar-refractivity contribution in [3.8, 4) is 0 Å². The van der Waals surface area contributed by atoms with Gasteiger partial charge in [0.25, 0.3) is 0 Å². The van der Waals surface area contributed by atoms with Crippen LogP contribution in [0.1, 0.15) is 49.7 Å². The smallest absolute Gasteiger partial charge is 0.243 e. The highest BCUT2D eigenvalue weighted by Crippen LogP contribution is 2.60. The van der Waals surface area contributed by atoms with Crippen LogP contribution in [-0.2, 0) is 9.59 Å². The summed E-state index contributed by atoms with van der Waals surface area (Å²) >= 11 is 0. The van der Waals surface area contributed by atoms with Gasteiger partial charge in [0.1, 0.15) is 0 Å². The standard InChI is InChI=1S/C21H28N2O2/c1-13-3-14(2)5-18(4-13)23-19(24)12-22-20(25)21-9-15-6-16(10-21)8-17(7-15)11-21/h3-5,15-17H,6-12H2,1-2H3,(H,22,25)(H,23,24). The van der Waals surface area contributed by atoms with Gasteiger partial charge >= 0.3 is 0 Å². The third-order valence-electron chi connectivity index (χ3n) is 6.43. The minimum absolute atomic E-state index is 0.0631. The molecule has 0 heterocycles. The van der Waals surface area contributed by atoms with Gasteiger partial charge in [0.05, 0.1) is 6.54 Å². The normalized spacial score (nSPS) is 32.5. The molecule has 2 N–H and O–H groups in total. The molecule has 0 saturated heterocycles. The number of nitrogens with one attached hydrogen (secondary N) is 2. The highest BCUT2D eigenvalue weighted by Gasteiger charge is 2.54. The Morgan fingerprint density at radius 1 is 0.960 bits per heavy atom. The first kappa shape index (κ1) is 16.6. The maximum atomic E-state index is 12.9. The number of rotatable bonds is 4. The summed E-state index contributed by atoms with van der Waals surface area (Å²) in [5.74, 6) is 2.17. The molecule has 1 aromatic rings. The number of anilines is 1. The first-order valence-electron chi connectivity index (χ1n) is 9.58. The maximum absolute atomic E-state index is 12.9. The largest absolute Gasteiger partial charge is 0.347 e. The van der Waals surface area contributed by atoms with Gasteiger partial charge in [-0.1, -0.05) is 6.07 Å². The third-order valence-corrected chi connectivity index (χ3v) is 6.43. The van der Waals surface area contributed by atoms with E-state index in [2.05, 4.69) is 16.7 Å². The van der Waals surface area contributed by atoms with E-state index in [-0.39, 0.29) is 23.8 Å². The van der Waals surface area contributed by atoms with Gasteiger partial charge in [-0.15, -0.1) is 0 Å². The zero-order valence-corrected chi connectivity index (χ0v) is 15.2. The Balaban J connectivity index is 1.35. The van der Waals surface area contributed by atoms with Crippen LogP contribution in [0.4, 0.5) is 5.69 Å². The topological polar surface area (TPSA) is 58.2 Å². The van der Waals surface area contributed by atoms with Gasteiger partial charge in [0.15, 0.2) is 0 Å². The predicted octanol–water partition coefficient (Wildman–Crippen LogP) is 3.57. The van der Waals surface area contributed by atoms with Crippen LogP contribution in [0.2, 0.25) is 0 Å². The van der Waals surface area contributed by atoms with E-state index in [0.717, 1.165) is 53.8 Å². The molecule has 4 bridgehead atoms. The molecule has 0 unspecified atom stereocenters. The Morgan fingerprint density at radius 2 is 1.48 bits per heavy atom. The highest BCUT2D eigenvalue weighted by molar-refractivity contribution is 5.95. The molecular formula is C21H28N2O2. The molecule has 4 heteroatoms. The minimum Gasteiger partial charge on any atom is -0.347 e. The summed E-state index contributed by atoms with van der Waals surface area (Å²) in [6.45, 7) is 4.09. The summed E-state index contributed by atoms with van der Waals surface area (Å²) in [4.78, 5) is 25.1. The first-order chi connectivity index (χ1) is 11.9. The van der Waals surface area contributed by atoms with E-state index in [0.29, 0.717) is 0 Å². The molecule has 1 aromatic carbocycles. The van der Waals surface area contributed by atoms with Crippen molar-refractivity contribution in [3.05, 3.63) is 29.3 Å². The molecule has 0 aromatic heterocycles. The van der Waals surface area contributed by atoms with Crippen molar-refractivity contribution in [3.63, 3.8) is 0 Å². The number of amides is 2. The zero-order chi connectivity index (χ0) is 17.6. The number of aryl methyl sites for hydroxylation is 2. The summed E-state index contributed by atoms with van der Waals surface area (Å²) in [6, 6.07) is 5.97. The molecular weight excluding hydrogens is 312 g/mol. The van der Waals surface area contributed by atoms with Gasteiger partial charge < -0.3 is 10.6 Å². The van der Waals surface area contributed by atoms with Crippen LogP contribution in [0.5, 0.6) is 0 Å². The predicted molar refractivity (Wildman–Crippen MR) is 98.2 cm³/mol. The second-order valence-electron chi connectivity index (χ2n) is 8.81. The van der Waals surface area contributed by atoms with E-state index in [1.54, 1.807) is 0 Å². The van der Waals surface area contributed by atoms with Crippen molar-refractivity contribution in [2.24, 2.45) is 23.2 Å². The lowest BCUT2D eigenvalue weighted by molar-refractivity contribution is -0.146. The van der Waals surface area contributed by atoms with Gasteiger partial charge in [0, 0.05) is 11.1 Å². The molecule has 4 fully saturated rings. The van der Waals surface area contributed by atoms with Crippen LogP contribution in [0, 0.1) is 37.0 Å². The molecule has 0 radical (unpaired) electrons. The van der Waals surface area contributed by atoms with Crippen molar-refractivity contribution in [1.82, 2.24) is 5.32 Å². The average molecular weight is 340 g/mol. The highest BCUT2D eigenvalue weighted by atomic mass is 16.2. The van der Waals surface area contributed by atoms with Gasteiger partial charge in [-0.2, -0.15) is 0 Å². The number of hydrogen-bond acceptors (Lipinski definition) is 2. The Kier molecular flexibility index (Phi) is 4.09. The van der Waals surface area contributed by atoms with Crippen LogP contribution in [0.3, 0.4) is 0 Å². The number of carbonyl (C=O) groups is 2.